The minimum absolute atomic E-state index is 0.277. The summed E-state index contributed by atoms with van der Waals surface area (Å²) in [4.78, 5) is 7.03. The van der Waals surface area contributed by atoms with Gasteiger partial charge in [0, 0.05) is 18.5 Å². The van der Waals surface area contributed by atoms with E-state index in [4.69, 9.17) is 0 Å². The van der Waals surface area contributed by atoms with Gasteiger partial charge in [0.2, 0.25) is 0 Å². The van der Waals surface area contributed by atoms with Crippen LogP contribution in [0.3, 0.4) is 0 Å². The van der Waals surface area contributed by atoms with Crippen LogP contribution in [0.2, 0.25) is 0 Å². The Labute approximate surface area is 113 Å². The SMILES string of the molecule is CC(C)N1CCCC1Cc1ncc2cccc(O)n12. The molecule has 1 fully saturated rings. The van der Waals surface area contributed by atoms with Crippen molar-refractivity contribution >= 4 is 5.52 Å². The van der Waals surface area contributed by atoms with Gasteiger partial charge in [-0.25, -0.2) is 4.98 Å². The van der Waals surface area contributed by atoms with Crippen molar-refractivity contribution in [3.05, 3.63) is 30.2 Å². The summed E-state index contributed by atoms with van der Waals surface area (Å²) in [5.74, 6) is 1.24. The Kier molecular flexibility index (Phi) is 3.19. The number of fused-ring (bicyclic) bond motifs is 1. The zero-order valence-corrected chi connectivity index (χ0v) is 11.6. The summed E-state index contributed by atoms with van der Waals surface area (Å²) in [6, 6.07) is 6.67. The van der Waals surface area contributed by atoms with Gasteiger partial charge < -0.3 is 5.11 Å². The maximum Gasteiger partial charge on any atom is 0.197 e. The van der Waals surface area contributed by atoms with Gasteiger partial charge in [-0.1, -0.05) is 6.07 Å². The number of pyridine rings is 1. The highest BCUT2D eigenvalue weighted by atomic mass is 16.3. The first-order chi connectivity index (χ1) is 9.16. The lowest BCUT2D eigenvalue weighted by Crippen LogP contribution is -2.37. The molecule has 102 valence electrons. The minimum atomic E-state index is 0.277. The summed E-state index contributed by atoms with van der Waals surface area (Å²) in [5, 5.41) is 10.00. The van der Waals surface area contributed by atoms with E-state index in [0.717, 1.165) is 17.8 Å². The van der Waals surface area contributed by atoms with Crippen molar-refractivity contribution < 1.29 is 5.11 Å². The lowest BCUT2D eigenvalue weighted by Gasteiger charge is -2.27. The molecule has 2 aromatic rings. The standard InChI is InChI=1S/C15H21N3O/c1-11(2)17-8-4-6-12(17)9-14-16-10-13-5-3-7-15(19)18(13)14/h3,5,7,10-12,19H,4,6,8-9H2,1-2H3. The van der Waals surface area contributed by atoms with Crippen molar-refractivity contribution in [1.29, 1.82) is 0 Å². The highest BCUT2D eigenvalue weighted by Gasteiger charge is 2.27. The van der Waals surface area contributed by atoms with E-state index in [-0.39, 0.29) is 5.88 Å². The van der Waals surface area contributed by atoms with Crippen LogP contribution in [0.1, 0.15) is 32.5 Å². The molecule has 1 aliphatic heterocycles. The number of imidazole rings is 1. The molecule has 2 aromatic heterocycles. The normalized spacial score (nSPS) is 20.7. The third kappa shape index (κ3) is 2.21. The predicted octanol–water partition coefficient (Wildman–Crippen LogP) is 2.46. The number of hydrogen-bond donors (Lipinski definition) is 1. The molecule has 0 radical (unpaired) electrons. The topological polar surface area (TPSA) is 40.8 Å². The van der Waals surface area contributed by atoms with Gasteiger partial charge in [0.15, 0.2) is 5.88 Å². The van der Waals surface area contributed by atoms with E-state index in [0.29, 0.717) is 12.1 Å². The Morgan fingerprint density at radius 1 is 1.42 bits per heavy atom. The van der Waals surface area contributed by atoms with E-state index < -0.39 is 0 Å². The number of hydrogen-bond acceptors (Lipinski definition) is 3. The Bertz CT molecular complexity index is 576. The van der Waals surface area contributed by atoms with Gasteiger partial charge in [-0.05, 0) is 45.4 Å². The molecule has 0 bridgehead atoms. The van der Waals surface area contributed by atoms with Gasteiger partial charge >= 0.3 is 0 Å². The van der Waals surface area contributed by atoms with Crippen molar-refractivity contribution in [1.82, 2.24) is 14.3 Å². The second-order valence-corrected chi connectivity index (χ2v) is 5.65. The molecule has 1 atom stereocenters. The smallest absolute Gasteiger partial charge is 0.197 e. The van der Waals surface area contributed by atoms with Gasteiger partial charge in [0.05, 0.1) is 11.7 Å². The molecule has 3 heterocycles. The lowest BCUT2D eigenvalue weighted by molar-refractivity contribution is 0.200. The molecule has 1 aliphatic rings. The van der Waals surface area contributed by atoms with E-state index in [1.54, 1.807) is 6.07 Å². The number of aromatic nitrogens is 2. The van der Waals surface area contributed by atoms with E-state index in [9.17, 15) is 5.11 Å². The van der Waals surface area contributed by atoms with Crippen molar-refractivity contribution in [2.75, 3.05) is 6.54 Å². The Hall–Kier alpha value is -1.55. The Balaban J connectivity index is 1.89. The second kappa shape index (κ2) is 4.85. The fourth-order valence-corrected chi connectivity index (χ4v) is 3.21. The van der Waals surface area contributed by atoms with Crippen LogP contribution < -0.4 is 0 Å². The highest BCUT2D eigenvalue weighted by Crippen LogP contribution is 2.24. The number of rotatable bonds is 3. The first kappa shape index (κ1) is 12.5. The van der Waals surface area contributed by atoms with E-state index >= 15 is 0 Å². The molecule has 0 amide bonds. The van der Waals surface area contributed by atoms with Crippen molar-refractivity contribution in [3.8, 4) is 5.88 Å². The molecule has 1 unspecified atom stereocenters. The van der Waals surface area contributed by atoms with Crippen LogP contribution in [0, 0.1) is 0 Å². The minimum Gasteiger partial charge on any atom is -0.494 e. The zero-order valence-electron chi connectivity index (χ0n) is 11.6. The largest absolute Gasteiger partial charge is 0.494 e. The van der Waals surface area contributed by atoms with Crippen LogP contribution in [0.25, 0.3) is 5.52 Å². The lowest BCUT2D eigenvalue weighted by atomic mass is 10.1. The molecular weight excluding hydrogens is 238 g/mol. The summed E-state index contributed by atoms with van der Waals surface area (Å²) in [6.45, 7) is 5.68. The van der Waals surface area contributed by atoms with Gasteiger partial charge in [-0.15, -0.1) is 0 Å². The monoisotopic (exact) mass is 259 g/mol. The number of nitrogens with zero attached hydrogens (tertiary/aromatic N) is 3. The average Bonchev–Trinajstić information content (AvgIpc) is 2.98. The van der Waals surface area contributed by atoms with Gasteiger partial charge in [-0.2, -0.15) is 0 Å². The van der Waals surface area contributed by atoms with Gasteiger partial charge in [-0.3, -0.25) is 9.30 Å². The van der Waals surface area contributed by atoms with E-state index in [1.165, 1.54) is 19.4 Å². The molecule has 1 saturated heterocycles. The summed E-state index contributed by atoms with van der Waals surface area (Å²) in [6.07, 6.45) is 5.23. The van der Waals surface area contributed by atoms with E-state index in [1.807, 2.05) is 22.7 Å². The summed E-state index contributed by atoms with van der Waals surface area (Å²) in [5.41, 5.74) is 0.962. The molecular formula is C15H21N3O. The second-order valence-electron chi connectivity index (χ2n) is 5.65. The van der Waals surface area contributed by atoms with Crippen LogP contribution >= 0.6 is 0 Å². The molecule has 0 aliphatic carbocycles. The quantitative estimate of drug-likeness (QED) is 0.920. The third-order valence-electron chi connectivity index (χ3n) is 4.11. The fraction of sp³-hybridized carbons (Fsp3) is 0.533. The molecule has 0 saturated carbocycles. The molecule has 0 aromatic carbocycles. The Morgan fingerprint density at radius 2 is 2.26 bits per heavy atom. The molecule has 19 heavy (non-hydrogen) atoms. The third-order valence-corrected chi connectivity index (χ3v) is 4.11. The van der Waals surface area contributed by atoms with Crippen LogP contribution in [0.4, 0.5) is 0 Å². The van der Waals surface area contributed by atoms with Gasteiger partial charge in [0.1, 0.15) is 5.82 Å². The van der Waals surface area contributed by atoms with Crippen LogP contribution in [-0.4, -0.2) is 38.0 Å². The van der Waals surface area contributed by atoms with Crippen molar-refractivity contribution in [3.63, 3.8) is 0 Å². The van der Waals surface area contributed by atoms with Gasteiger partial charge in [0.25, 0.3) is 0 Å². The molecule has 3 rings (SSSR count). The van der Waals surface area contributed by atoms with Crippen LogP contribution in [0.5, 0.6) is 5.88 Å². The maximum absolute atomic E-state index is 10.00. The predicted molar refractivity (Wildman–Crippen MR) is 75.4 cm³/mol. The Morgan fingerprint density at radius 3 is 3.05 bits per heavy atom. The molecule has 4 nitrogen and oxygen atoms in total. The zero-order chi connectivity index (χ0) is 13.4. The average molecular weight is 259 g/mol. The highest BCUT2D eigenvalue weighted by molar-refractivity contribution is 5.48. The molecule has 0 spiro atoms. The fourth-order valence-electron chi connectivity index (χ4n) is 3.21. The number of aromatic hydroxyl groups is 1. The van der Waals surface area contributed by atoms with Crippen molar-refractivity contribution in [2.45, 2.75) is 45.2 Å². The first-order valence-electron chi connectivity index (χ1n) is 7.07. The van der Waals surface area contributed by atoms with E-state index in [2.05, 4.69) is 23.7 Å². The van der Waals surface area contributed by atoms with Crippen LogP contribution in [-0.2, 0) is 6.42 Å². The summed E-state index contributed by atoms with van der Waals surface area (Å²) >= 11 is 0. The summed E-state index contributed by atoms with van der Waals surface area (Å²) < 4.78 is 1.86. The molecule has 4 heteroatoms. The molecule has 1 N–H and O–H groups in total. The van der Waals surface area contributed by atoms with Crippen LogP contribution in [0.15, 0.2) is 24.4 Å². The first-order valence-corrected chi connectivity index (χ1v) is 7.07. The number of likely N-dealkylation sites (tertiary alicyclic amines) is 1. The summed E-state index contributed by atoms with van der Waals surface area (Å²) in [7, 11) is 0. The van der Waals surface area contributed by atoms with Crippen molar-refractivity contribution in [2.24, 2.45) is 0 Å². The maximum atomic E-state index is 10.00.